The van der Waals surface area contributed by atoms with Crippen molar-refractivity contribution in [2.75, 3.05) is 0 Å². The molecule has 0 heteroatoms. The first-order valence-corrected chi connectivity index (χ1v) is 4.68. The summed E-state index contributed by atoms with van der Waals surface area (Å²) in [7, 11) is 0. The normalized spacial score (nSPS) is 26.5. The molecule has 1 rings (SSSR count). The molecule has 62 valence electrons. The van der Waals surface area contributed by atoms with Gasteiger partial charge < -0.3 is 0 Å². The zero-order chi connectivity index (χ0) is 8.10. The Morgan fingerprint density at radius 2 is 2.27 bits per heavy atom. The van der Waals surface area contributed by atoms with E-state index in [1.807, 2.05) is 0 Å². The molecule has 2 atom stereocenters. The van der Waals surface area contributed by atoms with E-state index in [1.54, 1.807) is 0 Å². The van der Waals surface area contributed by atoms with Crippen LogP contribution in [0.4, 0.5) is 0 Å². The van der Waals surface area contributed by atoms with Crippen LogP contribution in [0.3, 0.4) is 0 Å². The predicted octanol–water partition coefficient (Wildman–Crippen LogP) is 3.55. The molecule has 0 saturated heterocycles. The van der Waals surface area contributed by atoms with Crippen molar-refractivity contribution in [2.24, 2.45) is 11.8 Å². The van der Waals surface area contributed by atoms with Gasteiger partial charge in [-0.05, 0) is 24.7 Å². The van der Waals surface area contributed by atoms with Crippen LogP contribution in [-0.4, -0.2) is 0 Å². The van der Waals surface area contributed by atoms with Crippen molar-refractivity contribution in [1.82, 2.24) is 0 Å². The molecule has 0 aromatic carbocycles. The average molecular weight is 150 g/mol. The standard InChI is InChI=1S/C11H18/c1-3-10(2)11-8-6-4-5-7-9-11/h4-6,8,10-11H,3,7,9H2,1-2H3. The number of rotatable bonds is 2. The van der Waals surface area contributed by atoms with Gasteiger partial charge >= 0.3 is 0 Å². The molecule has 0 bridgehead atoms. The molecular weight excluding hydrogens is 132 g/mol. The highest BCUT2D eigenvalue weighted by molar-refractivity contribution is 5.08. The van der Waals surface area contributed by atoms with Crippen molar-refractivity contribution in [3.8, 4) is 0 Å². The van der Waals surface area contributed by atoms with Gasteiger partial charge in [0.2, 0.25) is 0 Å². The van der Waals surface area contributed by atoms with Gasteiger partial charge in [-0.1, -0.05) is 44.6 Å². The maximum Gasteiger partial charge on any atom is -0.0202 e. The molecule has 0 spiro atoms. The first-order chi connectivity index (χ1) is 5.34. The smallest absolute Gasteiger partial charge is 0.0202 e. The van der Waals surface area contributed by atoms with E-state index in [0.717, 1.165) is 11.8 Å². The van der Waals surface area contributed by atoms with E-state index in [2.05, 4.69) is 38.2 Å². The van der Waals surface area contributed by atoms with Crippen LogP contribution in [0.2, 0.25) is 0 Å². The van der Waals surface area contributed by atoms with Crippen LogP contribution in [0.15, 0.2) is 24.3 Å². The largest absolute Gasteiger partial charge is 0.0845 e. The molecule has 1 aliphatic carbocycles. The first kappa shape index (κ1) is 8.58. The Labute approximate surface area is 70.0 Å². The van der Waals surface area contributed by atoms with E-state index in [9.17, 15) is 0 Å². The monoisotopic (exact) mass is 150 g/mol. The molecule has 0 radical (unpaired) electrons. The van der Waals surface area contributed by atoms with Gasteiger partial charge in [0.1, 0.15) is 0 Å². The van der Waals surface area contributed by atoms with Crippen molar-refractivity contribution in [2.45, 2.75) is 33.1 Å². The lowest BCUT2D eigenvalue weighted by molar-refractivity contribution is 0.397. The van der Waals surface area contributed by atoms with Crippen LogP contribution in [0.25, 0.3) is 0 Å². The lowest BCUT2D eigenvalue weighted by atomic mass is 9.88. The highest BCUT2D eigenvalue weighted by Crippen LogP contribution is 2.23. The molecule has 0 N–H and O–H groups in total. The van der Waals surface area contributed by atoms with Gasteiger partial charge in [-0.3, -0.25) is 0 Å². The summed E-state index contributed by atoms with van der Waals surface area (Å²) >= 11 is 0. The van der Waals surface area contributed by atoms with E-state index in [1.165, 1.54) is 19.3 Å². The van der Waals surface area contributed by atoms with Gasteiger partial charge in [0.15, 0.2) is 0 Å². The van der Waals surface area contributed by atoms with E-state index in [4.69, 9.17) is 0 Å². The molecular formula is C11H18. The molecule has 0 nitrogen and oxygen atoms in total. The van der Waals surface area contributed by atoms with E-state index >= 15 is 0 Å². The molecule has 0 aromatic heterocycles. The van der Waals surface area contributed by atoms with Crippen molar-refractivity contribution in [3.63, 3.8) is 0 Å². The van der Waals surface area contributed by atoms with Crippen LogP contribution >= 0.6 is 0 Å². The Kier molecular flexibility index (Phi) is 3.41. The Hall–Kier alpha value is -0.520. The summed E-state index contributed by atoms with van der Waals surface area (Å²) in [5.74, 6) is 1.67. The summed E-state index contributed by atoms with van der Waals surface area (Å²) in [6, 6.07) is 0. The zero-order valence-corrected chi connectivity index (χ0v) is 7.59. The van der Waals surface area contributed by atoms with Gasteiger partial charge in [-0.25, -0.2) is 0 Å². The molecule has 0 aromatic rings. The topological polar surface area (TPSA) is 0 Å². The summed E-state index contributed by atoms with van der Waals surface area (Å²) in [4.78, 5) is 0. The summed E-state index contributed by atoms with van der Waals surface area (Å²) < 4.78 is 0. The van der Waals surface area contributed by atoms with E-state index < -0.39 is 0 Å². The highest BCUT2D eigenvalue weighted by atomic mass is 14.2. The van der Waals surface area contributed by atoms with E-state index in [0.29, 0.717) is 0 Å². The van der Waals surface area contributed by atoms with Gasteiger partial charge in [-0.2, -0.15) is 0 Å². The van der Waals surface area contributed by atoms with Crippen molar-refractivity contribution in [1.29, 1.82) is 0 Å². The van der Waals surface area contributed by atoms with Crippen LogP contribution < -0.4 is 0 Å². The fraction of sp³-hybridized carbons (Fsp3) is 0.636. The lowest BCUT2D eigenvalue weighted by Crippen LogP contribution is -2.07. The Morgan fingerprint density at radius 1 is 1.45 bits per heavy atom. The van der Waals surface area contributed by atoms with Crippen LogP contribution in [0.1, 0.15) is 33.1 Å². The second kappa shape index (κ2) is 4.38. The molecule has 0 amide bonds. The van der Waals surface area contributed by atoms with Gasteiger partial charge in [0.05, 0.1) is 0 Å². The van der Waals surface area contributed by atoms with Crippen molar-refractivity contribution in [3.05, 3.63) is 24.3 Å². The second-order valence-corrected chi connectivity index (χ2v) is 3.44. The first-order valence-electron chi connectivity index (χ1n) is 4.68. The van der Waals surface area contributed by atoms with E-state index in [-0.39, 0.29) is 0 Å². The lowest BCUT2D eigenvalue weighted by Gasteiger charge is -2.17. The molecule has 0 aliphatic heterocycles. The third-order valence-corrected chi connectivity index (χ3v) is 2.65. The van der Waals surface area contributed by atoms with Crippen molar-refractivity contribution >= 4 is 0 Å². The molecule has 0 saturated carbocycles. The number of allylic oxidation sites excluding steroid dienone is 4. The fourth-order valence-corrected chi connectivity index (χ4v) is 1.54. The van der Waals surface area contributed by atoms with Gasteiger partial charge in [0, 0.05) is 0 Å². The quantitative estimate of drug-likeness (QED) is 0.564. The SMILES string of the molecule is CCC(C)C1C=CC=CCC1. The minimum Gasteiger partial charge on any atom is -0.0845 e. The Morgan fingerprint density at radius 3 is 3.00 bits per heavy atom. The van der Waals surface area contributed by atoms with Crippen molar-refractivity contribution < 1.29 is 0 Å². The summed E-state index contributed by atoms with van der Waals surface area (Å²) in [6.45, 7) is 4.62. The summed E-state index contributed by atoms with van der Waals surface area (Å²) in [5.41, 5.74) is 0. The maximum absolute atomic E-state index is 2.36. The third-order valence-electron chi connectivity index (χ3n) is 2.65. The van der Waals surface area contributed by atoms with Gasteiger partial charge in [-0.15, -0.1) is 0 Å². The number of hydrogen-bond acceptors (Lipinski definition) is 0. The minimum atomic E-state index is 0.815. The molecule has 2 unspecified atom stereocenters. The Balaban J connectivity index is 2.46. The third kappa shape index (κ3) is 2.53. The Bertz CT molecular complexity index is 153. The highest BCUT2D eigenvalue weighted by Gasteiger charge is 2.11. The van der Waals surface area contributed by atoms with Crippen LogP contribution in [0, 0.1) is 11.8 Å². The molecule has 1 aliphatic rings. The summed E-state index contributed by atoms with van der Waals surface area (Å²) in [5, 5.41) is 0. The second-order valence-electron chi connectivity index (χ2n) is 3.44. The maximum atomic E-state index is 2.36. The summed E-state index contributed by atoms with van der Waals surface area (Å²) in [6.07, 6.45) is 12.9. The van der Waals surface area contributed by atoms with Crippen LogP contribution in [0.5, 0.6) is 0 Å². The van der Waals surface area contributed by atoms with Gasteiger partial charge in [0.25, 0.3) is 0 Å². The zero-order valence-electron chi connectivity index (χ0n) is 7.59. The predicted molar refractivity (Wildman–Crippen MR) is 50.5 cm³/mol. The minimum absolute atomic E-state index is 0.815. The van der Waals surface area contributed by atoms with Crippen LogP contribution in [-0.2, 0) is 0 Å². The fourth-order valence-electron chi connectivity index (χ4n) is 1.54. The molecule has 11 heavy (non-hydrogen) atoms. The number of hydrogen-bond donors (Lipinski definition) is 0. The molecule has 0 heterocycles. The average Bonchev–Trinajstić information content (AvgIpc) is 2.30. The molecule has 0 fully saturated rings.